The fourth-order valence-corrected chi connectivity index (χ4v) is 2.18. The molecule has 2 N–H and O–H groups in total. The molecular formula is C12H15N3O5. The van der Waals surface area contributed by atoms with Gasteiger partial charge in [0.2, 0.25) is 5.82 Å². The number of anilines is 1. The van der Waals surface area contributed by atoms with Gasteiger partial charge in [-0.25, -0.2) is 9.78 Å². The van der Waals surface area contributed by atoms with Crippen molar-refractivity contribution in [3.63, 3.8) is 0 Å². The second-order valence-electron chi connectivity index (χ2n) is 4.88. The average molecular weight is 281 g/mol. The van der Waals surface area contributed by atoms with Crippen LogP contribution in [0, 0.1) is 16.0 Å². The van der Waals surface area contributed by atoms with Gasteiger partial charge in [0.05, 0.1) is 11.0 Å². The molecular weight excluding hydrogens is 266 g/mol. The van der Waals surface area contributed by atoms with Crippen molar-refractivity contribution in [1.82, 2.24) is 4.98 Å². The minimum Gasteiger partial charge on any atom is -0.477 e. The summed E-state index contributed by atoms with van der Waals surface area (Å²) in [6.07, 6.45) is 0.0516. The van der Waals surface area contributed by atoms with Crippen LogP contribution < -0.4 is 4.90 Å². The van der Waals surface area contributed by atoms with Crippen LogP contribution >= 0.6 is 0 Å². The molecule has 2 atom stereocenters. The van der Waals surface area contributed by atoms with Crippen LogP contribution in [0.1, 0.15) is 23.8 Å². The zero-order valence-electron chi connectivity index (χ0n) is 10.9. The van der Waals surface area contributed by atoms with Crippen molar-refractivity contribution in [2.45, 2.75) is 19.4 Å². The molecule has 1 saturated heterocycles. The highest BCUT2D eigenvalue weighted by atomic mass is 16.6. The second kappa shape index (κ2) is 5.41. The number of rotatable bonds is 3. The van der Waals surface area contributed by atoms with Gasteiger partial charge in [-0.15, -0.1) is 0 Å². The highest BCUT2D eigenvalue weighted by Crippen LogP contribution is 2.30. The lowest BCUT2D eigenvalue weighted by Gasteiger charge is -2.34. The highest BCUT2D eigenvalue weighted by molar-refractivity contribution is 5.86. The van der Waals surface area contributed by atoms with Crippen molar-refractivity contribution in [1.29, 1.82) is 0 Å². The summed E-state index contributed by atoms with van der Waals surface area (Å²) < 4.78 is 0. The van der Waals surface area contributed by atoms with Gasteiger partial charge in [0.15, 0.2) is 5.69 Å². The molecule has 0 radical (unpaired) electrons. The molecule has 0 amide bonds. The topological polar surface area (TPSA) is 117 Å². The zero-order chi connectivity index (χ0) is 14.9. The van der Waals surface area contributed by atoms with Crippen molar-refractivity contribution in [2.24, 2.45) is 5.92 Å². The van der Waals surface area contributed by atoms with E-state index in [-0.39, 0.29) is 29.7 Å². The van der Waals surface area contributed by atoms with E-state index >= 15 is 0 Å². The summed E-state index contributed by atoms with van der Waals surface area (Å²) in [4.78, 5) is 26.8. The van der Waals surface area contributed by atoms with Gasteiger partial charge in [0.25, 0.3) is 0 Å². The third-order valence-corrected chi connectivity index (χ3v) is 3.49. The Morgan fingerprint density at radius 1 is 1.55 bits per heavy atom. The van der Waals surface area contributed by atoms with Crippen molar-refractivity contribution in [3.8, 4) is 0 Å². The number of carboxylic acid groups (broad SMARTS) is 1. The first-order valence-electron chi connectivity index (χ1n) is 6.22. The van der Waals surface area contributed by atoms with Crippen LogP contribution in [-0.2, 0) is 0 Å². The Labute approximate surface area is 114 Å². The lowest BCUT2D eigenvalue weighted by Crippen LogP contribution is -2.43. The van der Waals surface area contributed by atoms with Gasteiger partial charge < -0.3 is 15.1 Å². The number of carbonyl (C=O) groups is 1. The third kappa shape index (κ3) is 2.69. The first-order chi connectivity index (χ1) is 9.40. The van der Waals surface area contributed by atoms with E-state index in [2.05, 4.69) is 4.98 Å². The molecule has 2 rings (SSSR count). The number of aromatic carboxylic acids is 1. The Bertz CT molecular complexity index is 548. The Balaban J connectivity index is 2.39. The van der Waals surface area contributed by atoms with E-state index in [9.17, 15) is 20.0 Å². The normalized spacial score (nSPS) is 22.6. The van der Waals surface area contributed by atoms with Gasteiger partial charge in [0, 0.05) is 19.2 Å². The number of hydrogen-bond donors (Lipinski definition) is 2. The quantitative estimate of drug-likeness (QED) is 0.624. The molecule has 0 aliphatic carbocycles. The van der Waals surface area contributed by atoms with E-state index in [1.54, 1.807) is 4.90 Å². The van der Waals surface area contributed by atoms with Gasteiger partial charge >= 0.3 is 11.7 Å². The SMILES string of the molecule is CC1CCN(c2nc(C(=O)O)ccc2[N+](=O)[O-])CC1O. The molecule has 1 aliphatic rings. The molecule has 1 aromatic rings. The summed E-state index contributed by atoms with van der Waals surface area (Å²) in [5.74, 6) is -1.14. The van der Waals surface area contributed by atoms with Crippen molar-refractivity contribution in [3.05, 3.63) is 27.9 Å². The zero-order valence-corrected chi connectivity index (χ0v) is 10.9. The molecule has 8 heteroatoms. The molecule has 108 valence electrons. The maximum atomic E-state index is 11.0. The highest BCUT2D eigenvalue weighted by Gasteiger charge is 2.30. The molecule has 8 nitrogen and oxygen atoms in total. The fraction of sp³-hybridized carbons (Fsp3) is 0.500. The Morgan fingerprint density at radius 3 is 2.80 bits per heavy atom. The van der Waals surface area contributed by atoms with Gasteiger partial charge in [-0.05, 0) is 18.4 Å². The number of aliphatic hydroxyl groups excluding tert-OH is 1. The number of aromatic nitrogens is 1. The van der Waals surface area contributed by atoms with Crippen LogP contribution in [0.4, 0.5) is 11.5 Å². The number of β-amino-alcohol motifs (C(OH)–C–C–N with tert-alkyl or cyclic N) is 1. The van der Waals surface area contributed by atoms with Gasteiger partial charge in [-0.3, -0.25) is 10.1 Å². The number of pyridine rings is 1. The number of carboxylic acids is 1. The van der Waals surface area contributed by atoms with E-state index in [4.69, 9.17) is 5.11 Å². The van der Waals surface area contributed by atoms with Gasteiger partial charge in [-0.1, -0.05) is 6.92 Å². The van der Waals surface area contributed by atoms with Crippen molar-refractivity contribution >= 4 is 17.5 Å². The monoisotopic (exact) mass is 281 g/mol. The number of piperidine rings is 1. The van der Waals surface area contributed by atoms with E-state index in [0.29, 0.717) is 13.0 Å². The van der Waals surface area contributed by atoms with E-state index in [0.717, 1.165) is 12.1 Å². The van der Waals surface area contributed by atoms with Crippen LogP contribution in [-0.4, -0.2) is 45.3 Å². The molecule has 1 aromatic heterocycles. The third-order valence-electron chi connectivity index (χ3n) is 3.49. The number of aliphatic hydroxyl groups is 1. The maximum Gasteiger partial charge on any atom is 0.354 e. The standard InChI is InChI=1S/C12H15N3O5/c1-7-4-5-14(6-10(7)16)11-9(15(19)20)3-2-8(13-11)12(17)18/h2-3,7,10,16H,4-6H2,1H3,(H,17,18). The number of hydrogen-bond acceptors (Lipinski definition) is 6. The van der Waals surface area contributed by atoms with E-state index in [1.807, 2.05) is 6.92 Å². The van der Waals surface area contributed by atoms with Crippen LogP contribution in [0.25, 0.3) is 0 Å². The molecule has 0 aromatic carbocycles. The molecule has 1 aliphatic heterocycles. The summed E-state index contributed by atoms with van der Waals surface area (Å²) in [5, 5.41) is 29.8. The summed E-state index contributed by atoms with van der Waals surface area (Å²) in [5.41, 5.74) is -0.504. The summed E-state index contributed by atoms with van der Waals surface area (Å²) in [6, 6.07) is 2.24. The van der Waals surface area contributed by atoms with Crippen LogP contribution in [0.2, 0.25) is 0 Å². The van der Waals surface area contributed by atoms with Crippen LogP contribution in [0.15, 0.2) is 12.1 Å². The first kappa shape index (κ1) is 14.2. The largest absolute Gasteiger partial charge is 0.477 e. The Morgan fingerprint density at radius 2 is 2.25 bits per heavy atom. The van der Waals surface area contributed by atoms with Crippen molar-refractivity contribution in [2.75, 3.05) is 18.0 Å². The average Bonchev–Trinajstić information content (AvgIpc) is 2.41. The molecule has 1 fully saturated rings. The lowest BCUT2D eigenvalue weighted by molar-refractivity contribution is -0.384. The smallest absolute Gasteiger partial charge is 0.354 e. The second-order valence-corrected chi connectivity index (χ2v) is 4.88. The van der Waals surface area contributed by atoms with Crippen molar-refractivity contribution < 1.29 is 19.9 Å². The minimum absolute atomic E-state index is 0.000787. The summed E-state index contributed by atoms with van der Waals surface area (Å²) in [7, 11) is 0. The molecule has 0 spiro atoms. The first-order valence-corrected chi connectivity index (χ1v) is 6.22. The Hall–Kier alpha value is -2.22. The van der Waals surface area contributed by atoms with E-state index in [1.165, 1.54) is 0 Å². The molecule has 20 heavy (non-hydrogen) atoms. The summed E-state index contributed by atoms with van der Waals surface area (Å²) in [6.45, 7) is 2.60. The lowest BCUT2D eigenvalue weighted by atomic mass is 9.96. The fourth-order valence-electron chi connectivity index (χ4n) is 2.18. The van der Waals surface area contributed by atoms with Gasteiger partial charge in [-0.2, -0.15) is 0 Å². The predicted octanol–water partition coefficient (Wildman–Crippen LogP) is 0.895. The van der Waals surface area contributed by atoms with Gasteiger partial charge in [0.1, 0.15) is 0 Å². The van der Waals surface area contributed by atoms with E-state index < -0.39 is 17.0 Å². The summed E-state index contributed by atoms with van der Waals surface area (Å²) >= 11 is 0. The minimum atomic E-state index is -1.24. The molecule has 0 bridgehead atoms. The van der Waals surface area contributed by atoms with Crippen LogP contribution in [0.3, 0.4) is 0 Å². The Kier molecular flexibility index (Phi) is 3.84. The number of nitro groups is 1. The number of nitrogens with zero attached hydrogens (tertiary/aromatic N) is 3. The maximum absolute atomic E-state index is 11.0. The molecule has 2 unspecified atom stereocenters. The predicted molar refractivity (Wildman–Crippen MR) is 69.9 cm³/mol. The molecule has 2 heterocycles. The van der Waals surface area contributed by atoms with Crippen LogP contribution in [0.5, 0.6) is 0 Å². The molecule has 0 saturated carbocycles.